The fourth-order valence-electron chi connectivity index (χ4n) is 7.75. The van der Waals surface area contributed by atoms with Crippen LogP contribution in [0.2, 0.25) is 0 Å². The molecular formula is C21H33N3O3. The van der Waals surface area contributed by atoms with Crippen LogP contribution in [0.1, 0.15) is 25.7 Å². The number of nitrogens with zero attached hydrogens (tertiary/aromatic N) is 2. The number of hydrogen-bond acceptors (Lipinski definition) is 5. The molecule has 6 nitrogen and oxygen atoms in total. The number of morpholine rings is 2. The van der Waals surface area contributed by atoms with E-state index >= 15 is 0 Å². The maximum absolute atomic E-state index is 13.2. The van der Waals surface area contributed by atoms with Crippen LogP contribution >= 0.6 is 0 Å². The molecule has 2 heterocycles. The smallest absolute Gasteiger partial charge is 0.239 e. The van der Waals surface area contributed by atoms with Crippen LogP contribution in [-0.2, 0) is 14.3 Å². The molecule has 0 aromatic carbocycles. The molecule has 1 amide bonds. The Labute approximate surface area is 161 Å². The van der Waals surface area contributed by atoms with Gasteiger partial charge in [-0.2, -0.15) is 0 Å². The summed E-state index contributed by atoms with van der Waals surface area (Å²) in [6, 6.07) is 0.345. The monoisotopic (exact) mass is 375 g/mol. The number of ether oxygens (including phenoxy) is 2. The van der Waals surface area contributed by atoms with Crippen LogP contribution in [0.4, 0.5) is 0 Å². The van der Waals surface area contributed by atoms with Crippen LogP contribution in [0.3, 0.4) is 0 Å². The Morgan fingerprint density at radius 3 is 2.63 bits per heavy atom. The first-order chi connectivity index (χ1) is 13.3. The number of fused-ring (bicyclic) bond motifs is 1. The van der Waals surface area contributed by atoms with E-state index in [4.69, 9.17) is 9.47 Å². The molecule has 1 spiro atoms. The zero-order valence-electron chi connectivity index (χ0n) is 16.3. The second-order valence-electron chi connectivity index (χ2n) is 9.90. The van der Waals surface area contributed by atoms with Crippen LogP contribution in [0.15, 0.2) is 0 Å². The van der Waals surface area contributed by atoms with Gasteiger partial charge in [0.1, 0.15) is 6.04 Å². The summed E-state index contributed by atoms with van der Waals surface area (Å²) in [7, 11) is 0. The third kappa shape index (κ3) is 2.49. The summed E-state index contributed by atoms with van der Waals surface area (Å²) in [5.74, 6) is 3.77. The third-order valence-electron chi connectivity index (χ3n) is 9.12. The molecule has 0 aromatic heterocycles. The maximum Gasteiger partial charge on any atom is 0.239 e. The number of amides is 1. The average molecular weight is 376 g/mol. The summed E-state index contributed by atoms with van der Waals surface area (Å²) in [4.78, 5) is 18.0. The summed E-state index contributed by atoms with van der Waals surface area (Å²) in [6.07, 6.45) is 5.64. The van der Waals surface area contributed by atoms with Crippen molar-refractivity contribution >= 4 is 5.91 Å². The molecule has 6 heteroatoms. The SMILES string of the molecule is O=C(NC1C2CC3CC4CC1C34C2)[C@H]1COCCN1CCN1CCOCC1. The molecule has 6 unspecified atom stereocenters. The second-order valence-corrected chi connectivity index (χ2v) is 9.90. The van der Waals surface area contributed by atoms with Crippen molar-refractivity contribution in [3.63, 3.8) is 0 Å². The zero-order chi connectivity index (χ0) is 18.0. The zero-order valence-corrected chi connectivity index (χ0v) is 16.3. The molecule has 1 N–H and O–H groups in total. The lowest BCUT2D eigenvalue weighted by atomic mass is 9.38. The predicted octanol–water partition coefficient (Wildman–Crippen LogP) is 0.570. The van der Waals surface area contributed by atoms with E-state index in [0.717, 1.165) is 76.2 Å². The highest BCUT2D eigenvalue weighted by molar-refractivity contribution is 5.82. The van der Waals surface area contributed by atoms with E-state index in [9.17, 15) is 4.79 Å². The standard InChI is InChI=1S/C21H33N3O3/c25-20(22-19-14-9-15-10-16-11-17(19)21(15,16)12-14)18-13-27-8-5-24(18)2-1-23-3-6-26-7-4-23/h14-19H,1-13H2,(H,22,25)/t14?,15?,16?,17?,18-,19?,21?/m1/s1. The van der Waals surface area contributed by atoms with Crippen LogP contribution < -0.4 is 5.32 Å². The van der Waals surface area contributed by atoms with Crippen LogP contribution in [-0.4, -0.2) is 86.9 Å². The minimum Gasteiger partial charge on any atom is -0.379 e. The highest BCUT2D eigenvalue weighted by Crippen LogP contribution is 2.81. The highest BCUT2D eigenvalue weighted by atomic mass is 16.5. The van der Waals surface area contributed by atoms with Gasteiger partial charge in [-0.05, 0) is 54.8 Å². The largest absolute Gasteiger partial charge is 0.379 e. The van der Waals surface area contributed by atoms with Crippen molar-refractivity contribution in [2.24, 2.45) is 29.1 Å². The molecule has 6 aliphatic rings. The first kappa shape index (κ1) is 17.2. The van der Waals surface area contributed by atoms with Gasteiger partial charge >= 0.3 is 0 Å². The summed E-state index contributed by atoms with van der Waals surface area (Å²) in [5, 5.41) is 3.52. The van der Waals surface area contributed by atoms with Gasteiger partial charge in [-0.3, -0.25) is 14.6 Å². The summed E-state index contributed by atoms with van der Waals surface area (Å²) in [6.45, 7) is 7.83. The Bertz CT molecular complexity index is 609. The number of rotatable bonds is 5. The predicted molar refractivity (Wildman–Crippen MR) is 100 cm³/mol. The first-order valence-corrected chi connectivity index (χ1v) is 11.2. The van der Waals surface area contributed by atoms with Crippen molar-refractivity contribution in [3.8, 4) is 0 Å². The molecule has 0 radical (unpaired) electrons. The Balaban J connectivity index is 1.07. The van der Waals surface area contributed by atoms with Crippen molar-refractivity contribution < 1.29 is 14.3 Å². The van der Waals surface area contributed by atoms with E-state index in [-0.39, 0.29) is 11.9 Å². The fraction of sp³-hybridized carbons (Fsp3) is 0.952. The number of nitrogens with one attached hydrogen (secondary N) is 1. The van der Waals surface area contributed by atoms with Crippen molar-refractivity contribution in [2.45, 2.75) is 37.8 Å². The van der Waals surface area contributed by atoms with Gasteiger partial charge in [0.15, 0.2) is 0 Å². The van der Waals surface area contributed by atoms with Gasteiger partial charge in [0, 0.05) is 38.8 Å². The van der Waals surface area contributed by atoms with Crippen molar-refractivity contribution in [1.82, 2.24) is 15.1 Å². The molecule has 27 heavy (non-hydrogen) atoms. The Morgan fingerprint density at radius 1 is 1.00 bits per heavy atom. The van der Waals surface area contributed by atoms with E-state index in [2.05, 4.69) is 15.1 Å². The third-order valence-corrected chi connectivity index (χ3v) is 9.12. The Hall–Kier alpha value is -0.690. The minimum absolute atomic E-state index is 0.107. The molecule has 7 atom stereocenters. The number of carbonyl (C=O) groups is 1. The van der Waals surface area contributed by atoms with Crippen LogP contribution in [0.25, 0.3) is 0 Å². The molecular weight excluding hydrogens is 342 g/mol. The fourth-order valence-corrected chi connectivity index (χ4v) is 7.75. The average Bonchev–Trinajstić information content (AvgIpc) is 3.19. The van der Waals surface area contributed by atoms with E-state index in [1.54, 1.807) is 0 Å². The lowest BCUT2D eigenvalue weighted by molar-refractivity contribution is -0.185. The summed E-state index contributed by atoms with van der Waals surface area (Å²) >= 11 is 0. The van der Waals surface area contributed by atoms with Gasteiger partial charge in [0.2, 0.25) is 5.91 Å². The second kappa shape index (κ2) is 6.41. The van der Waals surface area contributed by atoms with Gasteiger partial charge in [0.05, 0.1) is 26.4 Å². The quantitative estimate of drug-likeness (QED) is 0.762. The molecule has 2 aliphatic heterocycles. The normalized spacial score (nSPS) is 48.6. The molecule has 0 aromatic rings. The van der Waals surface area contributed by atoms with E-state index in [1.807, 2.05) is 0 Å². The van der Waals surface area contributed by atoms with Crippen LogP contribution in [0.5, 0.6) is 0 Å². The van der Waals surface area contributed by atoms with Gasteiger partial charge in [-0.1, -0.05) is 0 Å². The first-order valence-electron chi connectivity index (χ1n) is 11.2. The van der Waals surface area contributed by atoms with Crippen molar-refractivity contribution in [3.05, 3.63) is 0 Å². The van der Waals surface area contributed by atoms with Crippen LogP contribution in [0, 0.1) is 29.1 Å². The minimum atomic E-state index is -0.107. The molecule has 2 bridgehead atoms. The van der Waals surface area contributed by atoms with E-state index < -0.39 is 0 Å². The van der Waals surface area contributed by atoms with Gasteiger partial charge < -0.3 is 14.8 Å². The van der Waals surface area contributed by atoms with E-state index in [0.29, 0.717) is 18.1 Å². The van der Waals surface area contributed by atoms with Crippen molar-refractivity contribution in [2.75, 3.05) is 59.2 Å². The molecule has 6 rings (SSSR count). The number of carbonyl (C=O) groups excluding carboxylic acids is 1. The van der Waals surface area contributed by atoms with Gasteiger partial charge in [-0.15, -0.1) is 0 Å². The summed E-state index contributed by atoms with van der Waals surface area (Å²) in [5.41, 5.74) is 0.668. The lowest BCUT2D eigenvalue weighted by Crippen LogP contribution is -2.66. The molecule has 150 valence electrons. The van der Waals surface area contributed by atoms with Crippen molar-refractivity contribution in [1.29, 1.82) is 0 Å². The molecule has 4 saturated carbocycles. The maximum atomic E-state index is 13.2. The summed E-state index contributed by atoms with van der Waals surface area (Å²) < 4.78 is 11.1. The Morgan fingerprint density at radius 2 is 1.81 bits per heavy atom. The van der Waals surface area contributed by atoms with E-state index in [1.165, 1.54) is 25.7 Å². The van der Waals surface area contributed by atoms with Gasteiger partial charge in [0.25, 0.3) is 0 Å². The van der Waals surface area contributed by atoms with Gasteiger partial charge in [-0.25, -0.2) is 0 Å². The molecule has 4 aliphatic carbocycles. The highest BCUT2D eigenvalue weighted by Gasteiger charge is 2.76. The molecule has 6 fully saturated rings. The molecule has 2 saturated heterocycles. The number of hydrogen-bond donors (Lipinski definition) is 1. The topological polar surface area (TPSA) is 54.0 Å². The lowest BCUT2D eigenvalue weighted by Gasteiger charge is -2.67. The Kier molecular flexibility index (Phi) is 4.08.